The molecule has 2 aromatic carbocycles. The zero-order valence-corrected chi connectivity index (χ0v) is 17.2. The number of pyridine rings is 1. The quantitative estimate of drug-likeness (QED) is 0.438. The predicted molar refractivity (Wildman–Crippen MR) is 118 cm³/mol. The molecule has 1 aromatic heterocycles. The van der Waals surface area contributed by atoms with Crippen LogP contribution in [0.25, 0.3) is 0 Å². The minimum Gasteiger partial charge on any atom is -0.507 e. The second-order valence-corrected chi connectivity index (χ2v) is 6.82. The highest BCUT2D eigenvalue weighted by molar-refractivity contribution is 6.11. The molecule has 0 aliphatic heterocycles. The number of benzene rings is 2. The van der Waals surface area contributed by atoms with Crippen molar-refractivity contribution in [3.8, 4) is 29.4 Å². The standard InChI is InChI=1S/C26H19NO5/c1-17(29)20-5-2-4-18(14-20)8-10-24(30)22-6-3-7-23(26(22)32)25(31)11-9-19-12-13-27-15-21(19)16-28/h2-7,12-15,25,28,31-32H,16H2,1H3. The third-order valence-electron chi connectivity index (χ3n) is 4.61. The Balaban J connectivity index is 1.86. The Morgan fingerprint density at radius 1 is 1.09 bits per heavy atom. The van der Waals surface area contributed by atoms with E-state index in [2.05, 4.69) is 28.7 Å². The molecule has 1 atom stereocenters. The lowest BCUT2D eigenvalue weighted by Gasteiger charge is -2.09. The van der Waals surface area contributed by atoms with E-state index in [1.165, 1.54) is 37.5 Å². The third-order valence-corrected chi connectivity index (χ3v) is 4.61. The molecule has 0 amide bonds. The number of hydrogen-bond acceptors (Lipinski definition) is 6. The smallest absolute Gasteiger partial charge is 0.239 e. The van der Waals surface area contributed by atoms with Gasteiger partial charge in [-0.2, -0.15) is 0 Å². The Hall–Kier alpha value is -4.23. The van der Waals surface area contributed by atoms with Crippen LogP contribution in [-0.2, 0) is 6.61 Å². The first-order valence-electron chi connectivity index (χ1n) is 9.63. The maximum Gasteiger partial charge on any atom is 0.239 e. The summed E-state index contributed by atoms with van der Waals surface area (Å²) < 4.78 is 0. The van der Waals surface area contributed by atoms with E-state index in [0.29, 0.717) is 22.3 Å². The number of para-hydroxylation sites is 1. The van der Waals surface area contributed by atoms with Crippen molar-refractivity contribution in [3.05, 3.63) is 94.3 Å². The molecule has 0 fully saturated rings. The molecule has 0 aliphatic carbocycles. The van der Waals surface area contributed by atoms with Gasteiger partial charge in [-0.3, -0.25) is 14.6 Å². The van der Waals surface area contributed by atoms with Crippen LogP contribution in [0.5, 0.6) is 5.75 Å². The number of carbonyl (C=O) groups excluding carboxylic acids is 2. The molecule has 3 aromatic rings. The molecule has 0 saturated heterocycles. The summed E-state index contributed by atoms with van der Waals surface area (Å²) in [7, 11) is 0. The highest BCUT2D eigenvalue weighted by Crippen LogP contribution is 2.28. The van der Waals surface area contributed by atoms with Gasteiger partial charge in [-0.05, 0) is 37.1 Å². The molecule has 0 bridgehead atoms. The van der Waals surface area contributed by atoms with Gasteiger partial charge >= 0.3 is 0 Å². The van der Waals surface area contributed by atoms with Gasteiger partial charge in [-0.15, -0.1) is 0 Å². The molecule has 3 rings (SSSR count). The molecule has 0 aliphatic rings. The van der Waals surface area contributed by atoms with Gasteiger partial charge in [0.1, 0.15) is 11.9 Å². The van der Waals surface area contributed by atoms with Crippen LogP contribution in [0.3, 0.4) is 0 Å². The van der Waals surface area contributed by atoms with Crippen molar-refractivity contribution in [2.24, 2.45) is 0 Å². The maximum atomic E-state index is 12.5. The van der Waals surface area contributed by atoms with Crippen LogP contribution in [0.2, 0.25) is 0 Å². The number of aromatic hydroxyl groups is 1. The van der Waals surface area contributed by atoms with Crippen LogP contribution in [-0.4, -0.2) is 31.9 Å². The van der Waals surface area contributed by atoms with Crippen LogP contribution in [0.4, 0.5) is 0 Å². The monoisotopic (exact) mass is 425 g/mol. The van der Waals surface area contributed by atoms with E-state index in [4.69, 9.17) is 0 Å². The summed E-state index contributed by atoms with van der Waals surface area (Å²) in [6.45, 7) is 1.19. The normalized spacial score (nSPS) is 10.8. The molecule has 3 N–H and O–H groups in total. The van der Waals surface area contributed by atoms with Crippen LogP contribution in [0, 0.1) is 23.7 Å². The Labute approximate surface area is 185 Å². The van der Waals surface area contributed by atoms with Gasteiger partial charge in [0.25, 0.3) is 0 Å². The van der Waals surface area contributed by atoms with E-state index in [9.17, 15) is 24.9 Å². The van der Waals surface area contributed by atoms with Gasteiger partial charge in [0.2, 0.25) is 5.78 Å². The number of hydrogen-bond donors (Lipinski definition) is 3. The van der Waals surface area contributed by atoms with Crippen LogP contribution in [0.15, 0.2) is 60.9 Å². The molecule has 1 unspecified atom stereocenters. The molecule has 158 valence electrons. The second-order valence-electron chi connectivity index (χ2n) is 6.82. The number of rotatable bonds is 4. The van der Waals surface area contributed by atoms with Crippen LogP contribution in [0.1, 0.15) is 56.0 Å². The van der Waals surface area contributed by atoms with Gasteiger partial charge < -0.3 is 15.3 Å². The molecule has 1 heterocycles. The number of phenolic OH excluding ortho intramolecular Hbond substituents is 1. The number of phenols is 1. The molecule has 0 spiro atoms. The molecule has 6 nitrogen and oxygen atoms in total. The first kappa shape index (κ1) is 22.5. The first-order valence-corrected chi connectivity index (χ1v) is 9.63. The van der Waals surface area contributed by atoms with Gasteiger partial charge in [0, 0.05) is 40.2 Å². The summed E-state index contributed by atoms with van der Waals surface area (Å²) in [4.78, 5) is 27.9. The van der Waals surface area contributed by atoms with Crippen LogP contribution < -0.4 is 0 Å². The predicted octanol–water partition coefficient (Wildman–Crippen LogP) is 2.80. The number of carbonyl (C=O) groups is 2. The minimum atomic E-state index is -1.37. The molecular weight excluding hydrogens is 406 g/mol. The highest BCUT2D eigenvalue weighted by atomic mass is 16.3. The van der Waals surface area contributed by atoms with Crippen molar-refractivity contribution in [2.45, 2.75) is 19.6 Å². The number of nitrogens with zero attached hydrogens (tertiary/aromatic N) is 1. The topological polar surface area (TPSA) is 108 Å². The number of ketones is 2. The Kier molecular flexibility index (Phi) is 7.15. The zero-order valence-electron chi connectivity index (χ0n) is 17.2. The van der Waals surface area contributed by atoms with Gasteiger partial charge in [0.15, 0.2) is 5.78 Å². The van der Waals surface area contributed by atoms with Crippen molar-refractivity contribution in [1.29, 1.82) is 0 Å². The third kappa shape index (κ3) is 5.27. The average molecular weight is 425 g/mol. The Morgan fingerprint density at radius 2 is 1.88 bits per heavy atom. The Morgan fingerprint density at radius 3 is 2.62 bits per heavy atom. The molecule has 32 heavy (non-hydrogen) atoms. The fourth-order valence-electron chi connectivity index (χ4n) is 2.88. The number of aliphatic hydroxyl groups is 2. The first-order chi connectivity index (χ1) is 15.4. The summed E-state index contributed by atoms with van der Waals surface area (Å²) in [6.07, 6.45) is 1.61. The van der Waals surface area contributed by atoms with E-state index in [1.807, 2.05) is 0 Å². The van der Waals surface area contributed by atoms with Crippen molar-refractivity contribution >= 4 is 11.6 Å². The second kappa shape index (κ2) is 10.2. The number of aromatic nitrogens is 1. The summed E-state index contributed by atoms with van der Waals surface area (Å²) in [5, 5.41) is 30.3. The molecular formula is C26H19NO5. The lowest BCUT2D eigenvalue weighted by Crippen LogP contribution is -2.02. The maximum absolute atomic E-state index is 12.5. The van der Waals surface area contributed by atoms with Crippen molar-refractivity contribution in [3.63, 3.8) is 0 Å². The van der Waals surface area contributed by atoms with E-state index in [0.717, 1.165) is 0 Å². The van der Waals surface area contributed by atoms with E-state index in [-0.39, 0.29) is 23.5 Å². The lowest BCUT2D eigenvalue weighted by atomic mass is 10.0. The lowest BCUT2D eigenvalue weighted by molar-refractivity contribution is 0.101. The SMILES string of the molecule is CC(=O)c1cccc(C#CC(=O)c2cccc(C(O)C#Cc3ccncc3CO)c2O)c1. The Bertz CT molecular complexity index is 1300. The molecule has 0 saturated carbocycles. The van der Waals surface area contributed by atoms with Crippen molar-refractivity contribution < 1.29 is 24.9 Å². The highest BCUT2D eigenvalue weighted by Gasteiger charge is 2.17. The fraction of sp³-hybridized carbons (Fsp3) is 0.115. The van der Waals surface area contributed by atoms with Gasteiger partial charge in [0.05, 0.1) is 12.2 Å². The molecule has 6 heteroatoms. The zero-order chi connectivity index (χ0) is 23.1. The van der Waals surface area contributed by atoms with Gasteiger partial charge in [-0.1, -0.05) is 42.0 Å². The van der Waals surface area contributed by atoms with E-state index >= 15 is 0 Å². The summed E-state index contributed by atoms with van der Waals surface area (Å²) in [5.74, 6) is 9.32. The average Bonchev–Trinajstić information content (AvgIpc) is 2.81. The summed E-state index contributed by atoms with van der Waals surface area (Å²) in [6, 6.07) is 12.5. The van der Waals surface area contributed by atoms with Gasteiger partial charge in [-0.25, -0.2) is 0 Å². The summed E-state index contributed by atoms with van der Waals surface area (Å²) in [5.41, 5.74) is 1.96. The number of aliphatic hydroxyl groups excluding tert-OH is 2. The minimum absolute atomic E-state index is 0.0586. The van der Waals surface area contributed by atoms with Crippen LogP contribution >= 0.6 is 0 Å². The number of Topliss-reactive ketones (excluding diaryl/α,β-unsaturated/α-hetero) is 2. The fourth-order valence-corrected chi connectivity index (χ4v) is 2.88. The largest absolute Gasteiger partial charge is 0.507 e. The molecule has 0 radical (unpaired) electrons. The van der Waals surface area contributed by atoms with E-state index in [1.54, 1.807) is 30.3 Å². The van der Waals surface area contributed by atoms with E-state index < -0.39 is 17.6 Å². The van der Waals surface area contributed by atoms with Crippen molar-refractivity contribution in [2.75, 3.05) is 0 Å². The van der Waals surface area contributed by atoms with Crippen molar-refractivity contribution in [1.82, 2.24) is 4.98 Å². The summed E-state index contributed by atoms with van der Waals surface area (Å²) >= 11 is 0.